The lowest BCUT2D eigenvalue weighted by molar-refractivity contribution is -0.0259. The molecule has 6 N–H and O–H groups in total. The van der Waals surface area contributed by atoms with Crippen LogP contribution in [0.3, 0.4) is 0 Å². The molecule has 0 heterocycles. The lowest BCUT2D eigenvalue weighted by Crippen LogP contribution is -2.32. The second kappa shape index (κ2) is 22.9. The maximum Gasteiger partial charge on any atom is 0.276 e. The lowest BCUT2D eigenvalue weighted by atomic mass is 9.97. The van der Waals surface area contributed by atoms with Gasteiger partial charge in [-0.2, -0.15) is 0 Å². The summed E-state index contributed by atoms with van der Waals surface area (Å²) >= 11 is 10.0. The van der Waals surface area contributed by atoms with Crippen molar-refractivity contribution in [2.75, 3.05) is 37.1 Å². The Morgan fingerprint density at radius 2 is 1.15 bits per heavy atom. The molecule has 0 aliphatic rings. The summed E-state index contributed by atoms with van der Waals surface area (Å²) in [6.45, 7) is 3.20. The number of nitrogens with one attached hydrogen (secondary N) is 4. The van der Waals surface area contributed by atoms with Gasteiger partial charge >= 0.3 is 0 Å². The molecular weight excluding hydrogens is 1140 g/mol. The van der Waals surface area contributed by atoms with E-state index in [-0.39, 0.29) is 69.2 Å². The first kappa shape index (κ1) is 48.1. The summed E-state index contributed by atoms with van der Waals surface area (Å²) < 4.78 is 63.3. The van der Waals surface area contributed by atoms with E-state index < -0.39 is 46.6 Å². The molecule has 0 saturated heterocycles. The van der Waals surface area contributed by atoms with Crippen LogP contribution in [0.15, 0.2) is 99.9 Å². The summed E-state index contributed by atoms with van der Waals surface area (Å²) in [5, 5.41) is 24.6. The van der Waals surface area contributed by atoms with E-state index in [1.807, 2.05) is 51.2 Å². The van der Waals surface area contributed by atoms with Crippen LogP contribution < -0.4 is 26.3 Å². The van der Waals surface area contributed by atoms with E-state index in [0.717, 1.165) is 12.1 Å². The number of hydroxylamine groups is 2. The number of amides is 2. The summed E-state index contributed by atoms with van der Waals surface area (Å²) in [6, 6.07) is 22.6. The van der Waals surface area contributed by atoms with Gasteiger partial charge in [-0.1, -0.05) is 32.0 Å². The van der Waals surface area contributed by atoms with Gasteiger partial charge in [-0.15, -0.1) is 0 Å². The van der Waals surface area contributed by atoms with Crippen molar-refractivity contribution in [1.29, 1.82) is 0 Å². The zero-order chi connectivity index (χ0) is 43.3. The molecule has 0 radical (unpaired) electrons. The normalized spacial score (nSPS) is 11.5. The molecule has 19 heteroatoms. The Morgan fingerprint density at radius 1 is 0.678 bits per heavy atom. The second-order valence-electron chi connectivity index (χ2n) is 13.2. The van der Waals surface area contributed by atoms with Crippen LogP contribution in [0.5, 0.6) is 5.75 Å². The molecule has 0 aliphatic heterocycles. The fourth-order valence-electron chi connectivity index (χ4n) is 4.56. The highest BCUT2D eigenvalue weighted by Crippen LogP contribution is 2.31. The molecule has 5 rings (SSSR count). The van der Waals surface area contributed by atoms with Crippen molar-refractivity contribution < 1.29 is 51.8 Å². The monoisotopic (exact) mass is 1170 g/mol. The molecule has 5 aromatic carbocycles. The van der Waals surface area contributed by atoms with Gasteiger partial charge in [0.25, 0.3) is 11.8 Å². The number of rotatable bonds is 16. The number of aliphatic hydroxyl groups excluding tert-OH is 2. The van der Waals surface area contributed by atoms with E-state index in [0.29, 0.717) is 12.9 Å². The largest absolute Gasteiger partial charge is 0.491 e. The SMILES string of the molecule is CC(C)(CO)CONC(=O)c1cc(Br)c(F)cc1Nc1ccc(I)cc1F.O=C(NOCC(O)COc1ccccc1)c1cc(Br)c(F)cc1Nc1ccc(I)cc1F. The average molecular weight is 1170 g/mol. The zero-order valence-corrected chi connectivity index (χ0v) is 38.5. The Hall–Kier alpha value is -3.58. The molecule has 1 atom stereocenters. The van der Waals surface area contributed by atoms with Crippen molar-refractivity contribution in [1.82, 2.24) is 11.0 Å². The first-order chi connectivity index (χ1) is 28.0. The van der Waals surface area contributed by atoms with Crippen LogP contribution in [0.4, 0.5) is 40.3 Å². The Morgan fingerprint density at radius 3 is 1.61 bits per heavy atom. The summed E-state index contributed by atoms with van der Waals surface area (Å²) in [6.07, 6.45) is -1.01. The molecule has 0 spiro atoms. The van der Waals surface area contributed by atoms with Crippen LogP contribution in [0.1, 0.15) is 34.6 Å². The zero-order valence-electron chi connectivity index (χ0n) is 31.0. The van der Waals surface area contributed by atoms with Gasteiger partial charge in [0.15, 0.2) is 0 Å². The summed E-state index contributed by atoms with van der Waals surface area (Å²) in [5.41, 5.74) is 4.28. The van der Waals surface area contributed by atoms with Crippen molar-refractivity contribution in [3.05, 3.63) is 141 Å². The van der Waals surface area contributed by atoms with E-state index in [1.165, 1.54) is 36.4 Å². The third-order valence-corrected chi connectivity index (χ3v) is 10.3. The fourth-order valence-corrected chi connectivity index (χ4v) is 6.15. The number of hydrogen-bond acceptors (Lipinski definition) is 9. The molecule has 0 bridgehead atoms. The maximum atomic E-state index is 14.2. The van der Waals surface area contributed by atoms with Crippen LogP contribution in [0, 0.1) is 35.8 Å². The number of halogens is 8. The van der Waals surface area contributed by atoms with Gasteiger partial charge in [-0.05, 0) is 150 Å². The summed E-state index contributed by atoms with van der Waals surface area (Å²) in [5.74, 6) is -3.09. The molecule has 1 unspecified atom stereocenters. The first-order valence-corrected chi connectivity index (χ1v) is 20.9. The number of anilines is 4. The van der Waals surface area contributed by atoms with E-state index in [1.54, 1.807) is 50.2 Å². The minimum Gasteiger partial charge on any atom is -0.491 e. The average Bonchev–Trinajstić information content (AvgIpc) is 3.19. The van der Waals surface area contributed by atoms with E-state index in [9.17, 15) is 37.4 Å². The van der Waals surface area contributed by atoms with Crippen LogP contribution >= 0.6 is 77.0 Å². The van der Waals surface area contributed by atoms with Gasteiger partial charge in [-0.3, -0.25) is 19.3 Å². The van der Waals surface area contributed by atoms with Crippen LogP contribution in [0.25, 0.3) is 0 Å². The predicted octanol–water partition coefficient (Wildman–Crippen LogP) is 9.93. The molecule has 0 fully saturated rings. The van der Waals surface area contributed by atoms with E-state index >= 15 is 0 Å². The predicted molar refractivity (Wildman–Crippen MR) is 239 cm³/mol. The molecule has 5 aromatic rings. The van der Waals surface area contributed by atoms with Gasteiger partial charge in [0.2, 0.25) is 0 Å². The number of hydrogen-bond donors (Lipinski definition) is 6. The maximum absolute atomic E-state index is 14.2. The number of ether oxygens (including phenoxy) is 1. The van der Waals surface area contributed by atoms with E-state index in [2.05, 4.69) is 53.5 Å². The molecule has 2 amide bonds. The Balaban J connectivity index is 0.000000265. The summed E-state index contributed by atoms with van der Waals surface area (Å²) in [7, 11) is 0. The molecule has 59 heavy (non-hydrogen) atoms. The van der Waals surface area contributed by atoms with Gasteiger partial charge in [-0.25, -0.2) is 28.5 Å². The molecule has 0 saturated carbocycles. The summed E-state index contributed by atoms with van der Waals surface area (Å²) in [4.78, 5) is 35.3. The van der Waals surface area contributed by atoms with Crippen LogP contribution in [-0.2, 0) is 9.68 Å². The molecule has 314 valence electrons. The molecular formula is C40H36Br2F4I2N4O7. The van der Waals surface area contributed by atoms with Crippen molar-refractivity contribution in [3.8, 4) is 5.75 Å². The van der Waals surface area contributed by atoms with Gasteiger partial charge in [0.05, 0.1) is 56.0 Å². The van der Waals surface area contributed by atoms with Crippen molar-refractivity contribution in [3.63, 3.8) is 0 Å². The fraction of sp³-hybridized carbons (Fsp3) is 0.200. The minimum atomic E-state index is -1.01. The second-order valence-corrected chi connectivity index (χ2v) is 17.4. The van der Waals surface area contributed by atoms with E-state index in [4.69, 9.17) is 14.4 Å². The highest BCUT2D eigenvalue weighted by atomic mass is 127. The van der Waals surface area contributed by atoms with Gasteiger partial charge in [0, 0.05) is 12.6 Å². The number of para-hydroxylation sites is 1. The third-order valence-electron chi connectivity index (χ3n) is 7.69. The lowest BCUT2D eigenvalue weighted by Gasteiger charge is -2.21. The highest BCUT2D eigenvalue weighted by molar-refractivity contribution is 14.1. The quantitative estimate of drug-likeness (QED) is 0.0323. The number of benzene rings is 5. The smallest absolute Gasteiger partial charge is 0.276 e. The van der Waals surface area contributed by atoms with Gasteiger partial charge < -0.3 is 25.6 Å². The van der Waals surface area contributed by atoms with Gasteiger partial charge in [0.1, 0.15) is 48.3 Å². The number of aliphatic hydroxyl groups is 2. The minimum absolute atomic E-state index is 0.00579. The topological polar surface area (TPSA) is 150 Å². The standard InChI is InChI=1S/C22H18BrF2IN2O4.C18H18BrF2IN2O3/c23-17-9-16(21(10-18(17)24)27-20-7-6-13(26)8-19(20)25)22(30)28-32-12-14(29)11-31-15-4-2-1-3-5-15;1-18(2,8-25)9-27-24-17(26)11-6-12(19)13(20)7-16(11)23-15-4-3-10(22)5-14(15)21/h1-10,14,27,29H,11-12H2,(H,28,30);3-7,23,25H,8-9H2,1-2H3,(H,24,26). The van der Waals surface area contributed by atoms with Crippen molar-refractivity contribution in [2.24, 2.45) is 5.41 Å². The Kier molecular flexibility index (Phi) is 18.6. The van der Waals surface area contributed by atoms with Crippen molar-refractivity contribution in [2.45, 2.75) is 20.0 Å². The van der Waals surface area contributed by atoms with Crippen molar-refractivity contribution >= 4 is 112 Å². The Labute approximate surface area is 381 Å². The first-order valence-electron chi connectivity index (χ1n) is 17.2. The van der Waals surface area contributed by atoms with Crippen LogP contribution in [0.2, 0.25) is 0 Å². The number of carbonyl (C=O) groups excluding carboxylic acids is 2. The molecule has 0 aromatic heterocycles. The molecule has 0 aliphatic carbocycles. The highest BCUT2D eigenvalue weighted by Gasteiger charge is 2.21. The van der Waals surface area contributed by atoms with Crippen LogP contribution in [-0.4, -0.2) is 54.6 Å². The number of carbonyl (C=O) groups is 2. The molecule has 11 nitrogen and oxygen atoms in total. The Bertz CT molecular complexity index is 2250. The third kappa shape index (κ3) is 15.1.